The molecule has 0 spiro atoms. The van der Waals surface area contributed by atoms with E-state index < -0.39 is 0 Å². The van der Waals surface area contributed by atoms with E-state index in [0.717, 1.165) is 6.32 Å². The summed E-state index contributed by atoms with van der Waals surface area (Å²) in [5.41, 5.74) is 0. The van der Waals surface area contributed by atoms with Gasteiger partial charge in [0.05, 0.1) is 7.28 Å². The van der Waals surface area contributed by atoms with Crippen LogP contribution in [0, 0.1) is 0 Å². The van der Waals surface area contributed by atoms with Crippen molar-refractivity contribution < 1.29 is 37.5 Å². The van der Waals surface area contributed by atoms with Crippen LogP contribution in [-0.2, 0) is 37.5 Å². The van der Waals surface area contributed by atoms with Crippen molar-refractivity contribution in [1.82, 2.24) is 0 Å². The molecule has 0 aliphatic rings. The maximum absolute atomic E-state index is 9.41. The molecule has 0 aromatic rings. The Bertz CT molecular complexity index is 40.7. The van der Waals surface area contributed by atoms with E-state index in [1.807, 2.05) is 14.2 Å². The zero-order chi connectivity index (χ0) is 4.83. The van der Waals surface area contributed by atoms with E-state index in [4.69, 9.17) is 0 Å². The number of rotatable bonds is 3. The molecule has 0 saturated carbocycles. The summed E-state index contributed by atoms with van der Waals surface area (Å²) >= 11 is 0. The second-order valence-electron chi connectivity index (χ2n) is 1.05. The Labute approximate surface area is 70.4 Å². The van der Waals surface area contributed by atoms with Gasteiger partial charge in [-0.2, -0.15) is 6.32 Å². The number of carbonyl (C=O) groups excluding carboxylic acids is 1. The largest absolute Gasteiger partial charge is 0.542 e. The summed E-state index contributed by atoms with van der Waals surface area (Å²) in [6.45, 7) is 2.00. The van der Waals surface area contributed by atoms with Gasteiger partial charge in [0.25, 0.3) is 0 Å². The summed E-state index contributed by atoms with van der Waals surface area (Å²) in [5, 5.41) is 0. The Morgan fingerprint density at radius 2 is 2.29 bits per heavy atom. The van der Waals surface area contributed by atoms with Crippen LogP contribution in [0.4, 0.5) is 0 Å². The van der Waals surface area contributed by atoms with Crippen LogP contribution in [0.5, 0.6) is 0 Å². The van der Waals surface area contributed by atoms with Gasteiger partial charge < -0.3 is 4.79 Å². The third kappa shape index (κ3) is 10.9. The smallest absolute Gasteiger partial charge is 0.0797 e. The molecule has 0 aliphatic carbocycles. The molecule has 0 heterocycles. The average Bonchev–Trinajstić information content (AvgIpc) is 1.61. The third-order valence-electron chi connectivity index (χ3n) is 0.516. The molecular formula is C4H7BOY-. The second-order valence-corrected chi connectivity index (χ2v) is 1.05. The molecule has 0 aromatic heterocycles. The fourth-order valence-electron chi connectivity index (χ4n) is 0.203. The van der Waals surface area contributed by atoms with E-state index in [2.05, 4.69) is 0 Å². The number of hydrogen-bond donors (Lipinski definition) is 0. The Hall–Kier alpha value is 0.839. The third-order valence-corrected chi connectivity index (χ3v) is 0.516. The van der Waals surface area contributed by atoms with Crippen molar-refractivity contribution in [3.8, 4) is 0 Å². The normalized spacial score (nSPS) is 6.43. The van der Waals surface area contributed by atoms with Crippen LogP contribution in [-0.4, -0.2) is 13.6 Å². The van der Waals surface area contributed by atoms with Crippen molar-refractivity contribution in [1.29, 1.82) is 0 Å². The fraction of sp³-hybridized carbons (Fsp3) is 0.750. The van der Waals surface area contributed by atoms with Gasteiger partial charge >= 0.3 is 0 Å². The molecular weight excluding hydrogens is 164 g/mol. The quantitative estimate of drug-likeness (QED) is 0.346. The van der Waals surface area contributed by atoms with Gasteiger partial charge in [-0.25, -0.2) is 0 Å². The number of hydrogen-bond acceptors (Lipinski definition) is 1. The van der Waals surface area contributed by atoms with Gasteiger partial charge in [0.1, 0.15) is 0 Å². The van der Waals surface area contributed by atoms with E-state index in [1.54, 1.807) is 6.29 Å². The van der Waals surface area contributed by atoms with Crippen LogP contribution in [0.2, 0.25) is 12.6 Å². The van der Waals surface area contributed by atoms with Crippen LogP contribution < -0.4 is 0 Å². The van der Waals surface area contributed by atoms with Gasteiger partial charge in [0.2, 0.25) is 0 Å². The van der Waals surface area contributed by atoms with Gasteiger partial charge in [-0.3, -0.25) is 6.29 Å². The molecule has 0 atom stereocenters. The van der Waals surface area contributed by atoms with E-state index in [0.29, 0.717) is 6.32 Å². The molecule has 0 saturated heterocycles. The second kappa shape index (κ2) is 9.96. The van der Waals surface area contributed by atoms with Crippen molar-refractivity contribution >= 4 is 13.6 Å². The van der Waals surface area contributed by atoms with E-state index in [9.17, 15) is 4.79 Å². The monoisotopic (exact) mass is 171 g/mol. The standard InChI is InChI=1S/C4H7BO.Y/c1-2-5-3-4-6;/h2-3H2,1H3;/q-1;. The zero-order valence-electron chi connectivity index (χ0n) is 4.48. The fourth-order valence-corrected chi connectivity index (χ4v) is 0.203. The average molecular weight is 171 g/mol. The van der Waals surface area contributed by atoms with Gasteiger partial charge in [-0.1, -0.05) is 13.2 Å². The molecule has 0 rings (SSSR count). The molecule has 0 aliphatic heterocycles. The summed E-state index contributed by atoms with van der Waals surface area (Å²) in [4.78, 5) is 9.41. The first-order chi connectivity index (χ1) is 2.91. The van der Waals surface area contributed by atoms with Crippen molar-refractivity contribution in [3.05, 3.63) is 0 Å². The minimum atomic E-state index is 0. The van der Waals surface area contributed by atoms with Crippen LogP contribution in [0.25, 0.3) is 0 Å². The molecule has 2 radical (unpaired) electrons. The molecule has 0 bridgehead atoms. The summed E-state index contributed by atoms with van der Waals surface area (Å²) in [5.74, 6) is 0. The molecule has 36 valence electrons. The molecule has 0 amide bonds. The first-order valence-electron chi connectivity index (χ1n) is 2.08. The summed E-state index contributed by atoms with van der Waals surface area (Å²) in [6, 6.07) is 0. The van der Waals surface area contributed by atoms with Crippen LogP contribution in [0.3, 0.4) is 0 Å². The maximum Gasteiger partial charge on any atom is 0.0797 e. The van der Waals surface area contributed by atoms with Gasteiger partial charge in [-0.15, -0.1) is 0 Å². The summed E-state index contributed by atoms with van der Waals surface area (Å²) in [7, 11) is 1.88. The van der Waals surface area contributed by atoms with Crippen LogP contribution >= 0.6 is 0 Å². The van der Waals surface area contributed by atoms with E-state index in [1.165, 1.54) is 0 Å². The Kier molecular flexibility index (Phi) is 15.3. The Morgan fingerprint density at radius 1 is 1.71 bits per heavy atom. The molecule has 1 nitrogen and oxygen atoms in total. The SMILES string of the molecule is CC[B]C[C-]=O.[Y]. The molecule has 0 N–H and O–H groups in total. The minimum absolute atomic E-state index is 0. The molecule has 0 unspecified atom stereocenters. The van der Waals surface area contributed by atoms with Crippen molar-refractivity contribution in [3.63, 3.8) is 0 Å². The molecule has 0 fully saturated rings. The van der Waals surface area contributed by atoms with Crippen LogP contribution in [0.1, 0.15) is 6.92 Å². The van der Waals surface area contributed by atoms with Crippen LogP contribution in [0.15, 0.2) is 0 Å². The Morgan fingerprint density at radius 3 is 2.43 bits per heavy atom. The maximum atomic E-state index is 9.41. The van der Waals surface area contributed by atoms with Gasteiger partial charge in [0.15, 0.2) is 0 Å². The van der Waals surface area contributed by atoms with Crippen molar-refractivity contribution in [2.45, 2.75) is 19.6 Å². The minimum Gasteiger partial charge on any atom is -0.542 e. The molecule has 7 heavy (non-hydrogen) atoms. The summed E-state index contributed by atoms with van der Waals surface area (Å²) < 4.78 is 0. The van der Waals surface area contributed by atoms with Gasteiger partial charge in [-0.05, 0) is 0 Å². The first-order valence-corrected chi connectivity index (χ1v) is 2.08. The van der Waals surface area contributed by atoms with E-state index >= 15 is 0 Å². The summed E-state index contributed by atoms with van der Waals surface area (Å²) in [6.07, 6.45) is 3.21. The molecule has 0 aromatic carbocycles. The first kappa shape index (κ1) is 10.8. The zero-order valence-corrected chi connectivity index (χ0v) is 7.32. The van der Waals surface area contributed by atoms with Crippen molar-refractivity contribution in [2.75, 3.05) is 0 Å². The predicted molar refractivity (Wildman–Crippen MR) is 26.7 cm³/mol. The van der Waals surface area contributed by atoms with Gasteiger partial charge in [0, 0.05) is 32.7 Å². The predicted octanol–water partition coefficient (Wildman–Crippen LogP) is 0.654. The van der Waals surface area contributed by atoms with E-state index in [-0.39, 0.29) is 32.7 Å². The molecule has 3 heteroatoms. The van der Waals surface area contributed by atoms with Crippen molar-refractivity contribution in [2.24, 2.45) is 0 Å². The topological polar surface area (TPSA) is 17.1 Å². The Balaban J connectivity index is 0.